The zero-order valence-electron chi connectivity index (χ0n) is 14.4. The maximum Gasteiger partial charge on any atom is 0.198 e. The van der Waals surface area contributed by atoms with Gasteiger partial charge in [-0.25, -0.2) is 9.97 Å². The van der Waals surface area contributed by atoms with Crippen LogP contribution in [0.2, 0.25) is 0 Å². The summed E-state index contributed by atoms with van der Waals surface area (Å²) in [7, 11) is 0. The van der Waals surface area contributed by atoms with Crippen LogP contribution in [-0.2, 0) is 0 Å². The minimum Gasteiger partial charge on any atom is -0.309 e. The molecular weight excluding hydrogens is 546 g/mol. The van der Waals surface area contributed by atoms with Gasteiger partial charge in [0.1, 0.15) is 4.60 Å². The molecule has 2 aromatic heterocycles. The molecule has 0 amide bonds. The molecule has 6 heteroatoms. The lowest BCUT2D eigenvalue weighted by Crippen LogP contribution is -1.97. The van der Waals surface area contributed by atoms with Gasteiger partial charge in [-0.05, 0) is 62.2 Å². The molecule has 0 spiro atoms. The minimum absolute atomic E-state index is 0.545. The first-order valence-corrected chi connectivity index (χ1v) is 11.0. The highest BCUT2D eigenvalue weighted by Gasteiger charge is 2.19. The third-order valence-corrected chi connectivity index (χ3v) is 6.15. The summed E-state index contributed by atoms with van der Waals surface area (Å²) in [5.41, 5.74) is 5.25. The van der Waals surface area contributed by atoms with Gasteiger partial charge in [-0.2, -0.15) is 0 Å². The fraction of sp³-hybridized carbons (Fsp3) is 0. The first kappa shape index (κ1) is 18.0. The summed E-state index contributed by atoms with van der Waals surface area (Å²) < 4.78 is 4.56. The number of benzene rings is 3. The molecule has 0 N–H and O–H groups in total. The van der Waals surface area contributed by atoms with E-state index in [0.29, 0.717) is 4.73 Å². The highest BCUT2D eigenvalue weighted by molar-refractivity contribution is 9.11. The lowest BCUT2D eigenvalue weighted by Gasteiger charge is -2.13. The average molecular weight is 558 g/mol. The Balaban J connectivity index is 2.01. The number of halogens is 3. The first-order valence-electron chi connectivity index (χ1n) is 8.61. The van der Waals surface area contributed by atoms with Crippen LogP contribution >= 0.6 is 47.8 Å². The maximum absolute atomic E-state index is 4.65. The number of hydrogen-bond acceptors (Lipinski definition) is 2. The van der Waals surface area contributed by atoms with Gasteiger partial charge in [0.15, 0.2) is 4.73 Å². The lowest BCUT2D eigenvalue weighted by molar-refractivity contribution is 1.09. The van der Waals surface area contributed by atoms with Gasteiger partial charge in [-0.3, -0.25) is 0 Å². The van der Waals surface area contributed by atoms with Crippen LogP contribution in [0.5, 0.6) is 0 Å². The molecule has 2 heterocycles. The molecule has 5 aromatic rings. The average Bonchev–Trinajstić information content (AvgIpc) is 3.02. The smallest absolute Gasteiger partial charge is 0.198 e. The van der Waals surface area contributed by atoms with E-state index in [-0.39, 0.29) is 0 Å². The number of aromatic nitrogens is 3. The number of nitrogens with zero attached hydrogens (tertiary/aromatic N) is 3. The largest absolute Gasteiger partial charge is 0.309 e. The SMILES string of the molecule is Brc1cc(-c2c(Br)ccc3c4ccccc4n(-c4ccccc4)c23)nc(Br)n1. The van der Waals surface area contributed by atoms with Gasteiger partial charge in [0.05, 0.1) is 16.7 Å². The van der Waals surface area contributed by atoms with E-state index in [4.69, 9.17) is 0 Å². The van der Waals surface area contributed by atoms with Crippen molar-refractivity contribution in [2.75, 3.05) is 0 Å². The van der Waals surface area contributed by atoms with Crippen LogP contribution in [0.3, 0.4) is 0 Å². The van der Waals surface area contributed by atoms with Crippen LogP contribution in [0.1, 0.15) is 0 Å². The van der Waals surface area contributed by atoms with Gasteiger partial charge >= 0.3 is 0 Å². The molecule has 0 saturated heterocycles. The van der Waals surface area contributed by atoms with Crippen molar-refractivity contribution in [2.24, 2.45) is 0 Å². The first-order chi connectivity index (χ1) is 13.6. The molecule has 136 valence electrons. The molecule has 0 saturated carbocycles. The molecule has 0 fully saturated rings. The van der Waals surface area contributed by atoms with E-state index in [1.54, 1.807) is 0 Å². The topological polar surface area (TPSA) is 30.7 Å². The van der Waals surface area contributed by atoms with Gasteiger partial charge in [0.25, 0.3) is 0 Å². The highest BCUT2D eigenvalue weighted by atomic mass is 79.9. The van der Waals surface area contributed by atoms with Crippen LogP contribution < -0.4 is 0 Å². The Morgan fingerprint density at radius 3 is 2.25 bits per heavy atom. The van der Waals surface area contributed by atoms with E-state index in [0.717, 1.165) is 37.1 Å². The second-order valence-electron chi connectivity index (χ2n) is 6.35. The van der Waals surface area contributed by atoms with Crippen molar-refractivity contribution in [2.45, 2.75) is 0 Å². The highest BCUT2D eigenvalue weighted by Crippen LogP contribution is 2.41. The Hall–Kier alpha value is -2.02. The molecule has 0 bridgehead atoms. The molecule has 0 aliphatic rings. The van der Waals surface area contributed by atoms with Gasteiger partial charge < -0.3 is 4.57 Å². The third-order valence-electron chi connectivity index (χ3n) is 4.72. The Morgan fingerprint density at radius 1 is 0.714 bits per heavy atom. The van der Waals surface area contributed by atoms with Gasteiger partial charge in [0.2, 0.25) is 0 Å². The number of hydrogen-bond donors (Lipinski definition) is 0. The number of fused-ring (bicyclic) bond motifs is 3. The summed E-state index contributed by atoms with van der Waals surface area (Å²) in [6.07, 6.45) is 0. The predicted octanol–water partition coefficient (Wildman–Crippen LogP) is 7.53. The van der Waals surface area contributed by atoms with E-state index in [9.17, 15) is 0 Å². The predicted molar refractivity (Wildman–Crippen MR) is 125 cm³/mol. The summed E-state index contributed by atoms with van der Waals surface area (Å²) in [4.78, 5) is 8.95. The Kier molecular flexibility index (Phi) is 4.57. The van der Waals surface area contributed by atoms with Crippen LogP contribution in [-0.4, -0.2) is 14.5 Å². The molecule has 0 radical (unpaired) electrons. The van der Waals surface area contributed by atoms with E-state index >= 15 is 0 Å². The molecule has 3 aromatic carbocycles. The summed E-state index contributed by atoms with van der Waals surface area (Å²) in [5, 5.41) is 2.39. The lowest BCUT2D eigenvalue weighted by atomic mass is 10.1. The molecule has 28 heavy (non-hydrogen) atoms. The van der Waals surface area contributed by atoms with Gasteiger partial charge in [-0.15, -0.1) is 0 Å². The normalized spacial score (nSPS) is 11.4. The maximum atomic E-state index is 4.65. The van der Waals surface area contributed by atoms with E-state index in [1.807, 2.05) is 12.1 Å². The summed E-state index contributed by atoms with van der Waals surface area (Å²) >= 11 is 10.7. The number of para-hydroxylation sites is 2. The van der Waals surface area contributed by atoms with Crippen molar-refractivity contribution in [3.8, 4) is 16.9 Å². The third kappa shape index (κ3) is 2.91. The van der Waals surface area contributed by atoms with Gasteiger partial charge in [0, 0.05) is 26.5 Å². The summed E-state index contributed by atoms with van der Waals surface area (Å²) in [6, 6.07) is 25.1. The summed E-state index contributed by atoms with van der Waals surface area (Å²) in [5.74, 6) is 0. The van der Waals surface area contributed by atoms with E-state index < -0.39 is 0 Å². The monoisotopic (exact) mass is 555 g/mol. The van der Waals surface area contributed by atoms with Crippen molar-refractivity contribution in [3.63, 3.8) is 0 Å². The second-order valence-corrected chi connectivity index (χ2v) is 8.73. The molecule has 3 nitrogen and oxygen atoms in total. The van der Waals surface area contributed by atoms with Crippen molar-refractivity contribution in [1.82, 2.24) is 14.5 Å². The molecule has 0 aliphatic carbocycles. The van der Waals surface area contributed by atoms with E-state index in [1.165, 1.54) is 10.8 Å². The van der Waals surface area contributed by atoms with Crippen molar-refractivity contribution in [3.05, 3.63) is 86.6 Å². The fourth-order valence-electron chi connectivity index (χ4n) is 3.64. The zero-order valence-corrected chi connectivity index (χ0v) is 19.2. The number of rotatable bonds is 2. The molecular formula is C22H12Br3N3. The molecule has 0 aliphatic heterocycles. The van der Waals surface area contributed by atoms with Crippen molar-refractivity contribution >= 4 is 69.6 Å². The Morgan fingerprint density at radius 2 is 1.46 bits per heavy atom. The van der Waals surface area contributed by atoms with Crippen molar-refractivity contribution in [1.29, 1.82) is 0 Å². The van der Waals surface area contributed by atoms with Crippen LogP contribution in [0.4, 0.5) is 0 Å². The molecule has 0 unspecified atom stereocenters. The standard InChI is InChI=1S/C22H12Br3N3/c23-16-11-10-15-14-8-4-5-9-18(14)28(13-6-2-1-3-7-13)21(15)20(16)17-12-19(24)27-22(25)26-17/h1-12H. The Labute approximate surface area is 186 Å². The fourth-order valence-corrected chi connectivity index (χ4v) is 5.17. The van der Waals surface area contributed by atoms with Crippen molar-refractivity contribution < 1.29 is 0 Å². The zero-order chi connectivity index (χ0) is 19.3. The van der Waals surface area contributed by atoms with Crippen LogP contribution in [0.15, 0.2) is 86.6 Å². The minimum atomic E-state index is 0.545. The van der Waals surface area contributed by atoms with Crippen LogP contribution in [0.25, 0.3) is 38.8 Å². The summed E-state index contributed by atoms with van der Waals surface area (Å²) in [6.45, 7) is 0. The van der Waals surface area contributed by atoms with Gasteiger partial charge in [-0.1, -0.05) is 58.4 Å². The molecule has 5 rings (SSSR count). The second kappa shape index (κ2) is 7.10. The Bertz CT molecular complexity index is 1320. The quantitative estimate of drug-likeness (QED) is 0.166. The van der Waals surface area contributed by atoms with Crippen LogP contribution in [0, 0.1) is 0 Å². The molecule has 0 atom stereocenters. The van der Waals surface area contributed by atoms with E-state index in [2.05, 4.69) is 123 Å².